The van der Waals surface area contributed by atoms with Gasteiger partial charge in [-0.1, -0.05) is 36.4 Å². The minimum atomic E-state index is -3.64. The van der Waals surface area contributed by atoms with Crippen LogP contribution >= 0.6 is 0 Å². The molecule has 11 nitrogen and oxygen atoms in total. The summed E-state index contributed by atoms with van der Waals surface area (Å²) < 4.78 is 30.3. The van der Waals surface area contributed by atoms with Crippen LogP contribution in [-0.2, 0) is 30.9 Å². The lowest BCUT2D eigenvalue weighted by Gasteiger charge is -2.12. The first kappa shape index (κ1) is 22.1. The number of hydrogen-bond acceptors (Lipinski definition) is 8. The number of rotatable bonds is 8. The molecule has 1 amide bonds. The first-order valence-corrected chi connectivity index (χ1v) is 10.5. The van der Waals surface area contributed by atoms with Crippen molar-refractivity contribution in [2.24, 2.45) is 0 Å². The van der Waals surface area contributed by atoms with E-state index < -0.39 is 28.5 Å². The Morgan fingerprint density at radius 2 is 1.84 bits per heavy atom. The lowest BCUT2D eigenvalue weighted by molar-refractivity contribution is -0.148. The van der Waals surface area contributed by atoms with Gasteiger partial charge >= 0.3 is 5.97 Å². The Kier molecular flexibility index (Phi) is 6.72. The number of tetrazole rings is 1. The SMILES string of the molecule is CN(C)S(=O)(=O)c1cccc(NC(=O)COC(=O)Cn2nnc(-c3ccccc3)n2)c1. The van der Waals surface area contributed by atoms with Gasteiger partial charge in [-0.2, -0.15) is 4.80 Å². The summed E-state index contributed by atoms with van der Waals surface area (Å²) in [4.78, 5) is 25.1. The number of aromatic nitrogens is 4. The van der Waals surface area contributed by atoms with Gasteiger partial charge in [0.1, 0.15) is 0 Å². The fourth-order valence-corrected chi connectivity index (χ4v) is 3.41. The van der Waals surface area contributed by atoms with Crippen molar-refractivity contribution < 1.29 is 22.7 Å². The minimum absolute atomic E-state index is 0.0266. The topological polar surface area (TPSA) is 136 Å². The molecule has 1 aromatic heterocycles. The number of anilines is 1. The number of amides is 1. The third kappa shape index (κ3) is 5.71. The van der Waals surface area contributed by atoms with E-state index in [1.54, 1.807) is 0 Å². The largest absolute Gasteiger partial charge is 0.454 e. The monoisotopic (exact) mass is 444 g/mol. The van der Waals surface area contributed by atoms with Crippen LogP contribution in [0.25, 0.3) is 11.4 Å². The molecule has 0 fully saturated rings. The predicted molar refractivity (Wildman–Crippen MR) is 110 cm³/mol. The van der Waals surface area contributed by atoms with Gasteiger partial charge in [0, 0.05) is 25.3 Å². The molecule has 0 bridgehead atoms. The molecule has 3 aromatic rings. The highest BCUT2D eigenvalue weighted by Gasteiger charge is 2.18. The van der Waals surface area contributed by atoms with Crippen molar-refractivity contribution in [3.05, 3.63) is 54.6 Å². The van der Waals surface area contributed by atoms with E-state index in [1.807, 2.05) is 30.3 Å². The molecule has 3 rings (SSSR count). The summed E-state index contributed by atoms with van der Waals surface area (Å²) in [5, 5.41) is 14.2. The first-order valence-electron chi connectivity index (χ1n) is 9.07. The van der Waals surface area contributed by atoms with Crippen LogP contribution in [0, 0.1) is 0 Å². The number of nitrogens with one attached hydrogen (secondary N) is 1. The highest BCUT2D eigenvalue weighted by molar-refractivity contribution is 7.89. The lowest BCUT2D eigenvalue weighted by atomic mass is 10.2. The molecule has 0 saturated carbocycles. The second kappa shape index (κ2) is 9.45. The normalized spacial score (nSPS) is 11.3. The van der Waals surface area contributed by atoms with Gasteiger partial charge in [0.15, 0.2) is 13.2 Å². The summed E-state index contributed by atoms with van der Waals surface area (Å²) in [6, 6.07) is 14.9. The molecule has 0 spiro atoms. The maximum Gasteiger partial charge on any atom is 0.330 e. The van der Waals surface area contributed by atoms with Crippen molar-refractivity contribution in [3.8, 4) is 11.4 Å². The van der Waals surface area contributed by atoms with E-state index in [2.05, 4.69) is 20.7 Å². The smallest absolute Gasteiger partial charge is 0.330 e. The van der Waals surface area contributed by atoms with Crippen LogP contribution in [0.1, 0.15) is 0 Å². The van der Waals surface area contributed by atoms with Crippen molar-refractivity contribution in [1.82, 2.24) is 24.5 Å². The summed E-state index contributed by atoms with van der Waals surface area (Å²) in [5.41, 5.74) is 1.01. The molecular formula is C19H20N6O5S. The second-order valence-electron chi connectivity index (χ2n) is 6.53. The molecule has 2 aromatic carbocycles. The number of ether oxygens (including phenoxy) is 1. The summed E-state index contributed by atoms with van der Waals surface area (Å²) in [7, 11) is -0.820. The molecule has 0 radical (unpaired) electrons. The van der Waals surface area contributed by atoms with Crippen LogP contribution in [0.4, 0.5) is 5.69 Å². The van der Waals surface area contributed by atoms with Crippen LogP contribution < -0.4 is 5.32 Å². The van der Waals surface area contributed by atoms with Gasteiger partial charge in [0.2, 0.25) is 15.8 Å². The van der Waals surface area contributed by atoms with E-state index in [0.717, 1.165) is 14.7 Å². The van der Waals surface area contributed by atoms with E-state index in [4.69, 9.17) is 4.74 Å². The molecule has 1 N–H and O–H groups in total. The standard InChI is InChI=1S/C19H20N6O5S/c1-24(2)31(28,29)16-10-6-9-15(11-16)20-17(26)13-30-18(27)12-25-22-19(21-23-25)14-7-4-3-5-8-14/h3-11H,12-13H2,1-2H3,(H,20,26). The maximum atomic E-state index is 12.2. The van der Waals surface area contributed by atoms with Crippen LogP contribution in [0.2, 0.25) is 0 Å². The van der Waals surface area contributed by atoms with E-state index in [9.17, 15) is 18.0 Å². The van der Waals surface area contributed by atoms with Crippen LogP contribution in [0.15, 0.2) is 59.5 Å². The zero-order valence-electron chi connectivity index (χ0n) is 16.8. The molecule has 31 heavy (non-hydrogen) atoms. The fraction of sp³-hybridized carbons (Fsp3) is 0.211. The van der Waals surface area contributed by atoms with Gasteiger partial charge in [-0.25, -0.2) is 17.5 Å². The van der Waals surface area contributed by atoms with Gasteiger partial charge in [0.25, 0.3) is 5.91 Å². The number of carbonyl (C=O) groups is 2. The second-order valence-corrected chi connectivity index (χ2v) is 8.69. The highest BCUT2D eigenvalue weighted by Crippen LogP contribution is 2.18. The van der Waals surface area contributed by atoms with Gasteiger partial charge in [-0.05, 0) is 23.4 Å². The highest BCUT2D eigenvalue weighted by atomic mass is 32.2. The molecule has 12 heteroatoms. The third-order valence-electron chi connectivity index (χ3n) is 4.02. The van der Waals surface area contributed by atoms with Gasteiger partial charge in [-0.15, -0.1) is 10.2 Å². The number of benzene rings is 2. The molecule has 0 unspecified atom stereocenters. The fourth-order valence-electron chi connectivity index (χ4n) is 2.46. The van der Waals surface area contributed by atoms with E-state index in [1.165, 1.54) is 38.4 Å². The molecule has 0 aliphatic heterocycles. The Bertz CT molecular complexity index is 1180. The quantitative estimate of drug-likeness (QED) is 0.503. The van der Waals surface area contributed by atoms with Crippen molar-refractivity contribution >= 4 is 27.6 Å². The Morgan fingerprint density at radius 1 is 1.10 bits per heavy atom. The number of carbonyl (C=O) groups excluding carboxylic acids is 2. The van der Waals surface area contributed by atoms with Crippen LogP contribution in [0.5, 0.6) is 0 Å². The summed E-state index contributed by atoms with van der Waals surface area (Å²) in [6.07, 6.45) is 0. The third-order valence-corrected chi connectivity index (χ3v) is 5.83. The minimum Gasteiger partial charge on any atom is -0.454 e. The average molecular weight is 444 g/mol. The van der Waals surface area contributed by atoms with E-state index in [-0.39, 0.29) is 17.1 Å². The van der Waals surface area contributed by atoms with Gasteiger partial charge < -0.3 is 10.1 Å². The number of esters is 1. The number of hydrogen-bond donors (Lipinski definition) is 1. The van der Waals surface area contributed by atoms with E-state index in [0.29, 0.717) is 5.82 Å². The Labute approximate surface area is 178 Å². The Hall–Kier alpha value is -3.64. The summed E-state index contributed by atoms with van der Waals surface area (Å²) >= 11 is 0. The first-order chi connectivity index (χ1) is 14.8. The summed E-state index contributed by atoms with van der Waals surface area (Å²) in [5.74, 6) is -0.987. The summed E-state index contributed by atoms with van der Waals surface area (Å²) in [6.45, 7) is -0.868. The van der Waals surface area contributed by atoms with Crippen molar-refractivity contribution in [2.45, 2.75) is 11.4 Å². The average Bonchev–Trinajstić information content (AvgIpc) is 3.21. The zero-order valence-corrected chi connectivity index (χ0v) is 17.6. The Balaban J connectivity index is 1.52. The molecule has 1 heterocycles. The van der Waals surface area contributed by atoms with Crippen molar-refractivity contribution in [2.75, 3.05) is 26.0 Å². The maximum absolute atomic E-state index is 12.2. The van der Waals surface area contributed by atoms with E-state index >= 15 is 0 Å². The van der Waals surface area contributed by atoms with Gasteiger partial charge in [0.05, 0.1) is 4.90 Å². The number of sulfonamides is 1. The molecule has 162 valence electrons. The predicted octanol–water partition coefficient (Wildman–Crippen LogP) is 0.772. The van der Waals surface area contributed by atoms with Crippen LogP contribution in [0.3, 0.4) is 0 Å². The lowest BCUT2D eigenvalue weighted by Crippen LogP contribution is -2.24. The molecule has 0 aliphatic carbocycles. The zero-order chi connectivity index (χ0) is 22.4. The van der Waals surface area contributed by atoms with Crippen molar-refractivity contribution in [1.29, 1.82) is 0 Å². The molecule has 0 saturated heterocycles. The molecule has 0 aliphatic rings. The van der Waals surface area contributed by atoms with Gasteiger partial charge in [-0.3, -0.25) is 4.79 Å². The molecular weight excluding hydrogens is 424 g/mol. The molecule has 0 atom stereocenters. The Morgan fingerprint density at radius 3 is 2.55 bits per heavy atom. The van der Waals surface area contributed by atoms with Crippen molar-refractivity contribution in [3.63, 3.8) is 0 Å². The van der Waals surface area contributed by atoms with Crippen LogP contribution in [-0.4, -0.2) is 65.5 Å². The number of nitrogens with zero attached hydrogens (tertiary/aromatic N) is 5.